The Morgan fingerprint density at radius 2 is 2.05 bits per heavy atom. The number of carbonyl (C=O) groups is 1. The molecular weight excluding hydrogens is 284 g/mol. The lowest BCUT2D eigenvalue weighted by molar-refractivity contribution is 0.103. The molecule has 1 heterocycles. The smallest absolute Gasteiger partial charge is 0.267 e. The molecule has 0 atom stereocenters. The molecule has 0 aliphatic carbocycles. The van der Waals surface area contributed by atoms with Crippen LogP contribution in [-0.2, 0) is 0 Å². The quantitative estimate of drug-likeness (QED) is 0.857. The highest BCUT2D eigenvalue weighted by Crippen LogP contribution is 2.19. The predicted octanol–water partition coefficient (Wildman–Crippen LogP) is 2.75. The van der Waals surface area contributed by atoms with Crippen LogP contribution in [0.2, 0.25) is 0 Å². The summed E-state index contributed by atoms with van der Waals surface area (Å²) in [6.07, 6.45) is 0.461. The average Bonchev–Trinajstić information content (AvgIpc) is 2.80. The molecule has 1 aromatic heterocycles. The first-order chi connectivity index (χ1) is 10.1. The van der Waals surface area contributed by atoms with Crippen molar-refractivity contribution < 1.29 is 9.90 Å². The van der Waals surface area contributed by atoms with E-state index in [4.69, 9.17) is 5.11 Å². The number of hydrogen-bond donors (Lipinski definition) is 2. The SMILES string of the molecule is Cc1nc(C)c(C(=O)Nc2ccc(C#CCCO)cc2)s1. The van der Waals surface area contributed by atoms with E-state index in [1.54, 1.807) is 0 Å². The number of amides is 1. The third-order valence-electron chi connectivity index (χ3n) is 2.72. The monoisotopic (exact) mass is 300 g/mol. The molecule has 0 spiro atoms. The van der Waals surface area contributed by atoms with Crippen LogP contribution in [0, 0.1) is 25.7 Å². The lowest BCUT2D eigenvalue weighted by atomic mass is 10.2. The van der Waals surface area contributed by atoms with E-state index < -0.39 is 0 Å². The molecule has 0 aliphatic rings. The molecule has 5 heteroatoms. The van der Waals surface area contributed by atoms with Crippen LogP contribution in [-0.4, -0.2) is 22.6 Å². The molecule has 2 aromatic rings. The van der Waals surface area contributed by atoms with Crippen LogP contribution < -0.4 is 5.32 Å². The summed E-state index contributed by atoms with van der Waals surface area (Å²) >= 11 is 1.39. The lowest BCUT2D eigenvalue weighted by Gasteiger charge is -2.04. The van der Waals surface area contributed by atoms with Gasteiger partial charge in [0.25, 0.3) is 5.91 Å². The first-order valence-corrected chi connectivity index (χ1v) is 7.37. The largest absolute Gasteiger partial charge is 0.395 e. The summed E-state index contributed by atoms with van der Waals surface area (Å²) in [5.74, 6) is 5.65. The second-order valence-electron chi connectivity index (χ2n) is 4.45. The maximum atomic E-state index is 12.1. The Kier molecular flexibility index (Phi) is 5.09. The fourth-order valence-corrected chi connectivity index (χ4v) is 2.60. The number of aromatic nitrogens is 1. The number of thiazole rings is 1. The molecule has 1 aromatic carbocycles. The molecule has 2 N–H and O–H groups in total. The van der Waals surface area contributed by atoms with Gasteiger partial charge in [-0.2, -0.15) is 0 Å². The molecule has 0 fully saturated rings. The Morgan fingerprint density at radius 3 is 2.62 bits per heavy atom. The first-order valence-electron chi connectivity index (χ1n) is 6.55. The van der Waals surface area contributed by atoms with Gasteiger partial charge in [-0.3, -0.25) is 4.79 Å². The molecule has 0 unspecified atom stereocenters. The molecule has 4 nitrogen and oxygen atoms in total. The summed E-state index contributed by atoms with van der Waals surface area (Å²) in [6, 6.07) is 7.30. The van der Waals surface area contributed by atoms with E-state index in [-0.39, 0.29) is 12.5 Å². The maximum absolute atomic E-state index is 12.1. The van der Waals surface area contributed by atoms with Crippen LogP contribution >= 0.6 is 11.3 Å². The van der Waals surface area contributed by atoms with Gasteiger partial charge in [-0.1, -0.05) is 11.8 Å². The number of benzene rings is 1. The van der Waals surface area contributed by atoms with Gasteiger partial charge in [0.2, 0.25) is 0 Å². The molecule has 21 heavy (non-hydrogen) atoms. The van der Waals surface area contributed by atoms with Gasteiger partial charge in [0.05, 0.1) is 17.3 Å². The third kappa shape index (κ3) is 4.15. The molecule has 2 rings (SSSR count). The highest BCUT2D eigenvalue weighted by Gasteiger charge is 2.13. The molecular formula is C16H16N2O2S. The van der Waals surface area contributed by atoms with Crippen molar-refractivity contribution in [3.63, 3.8) is 0 Å². The Bertz CT molecular complexity index is 693. The zero-order valence-electron chi connectivity index (χ0n) is 11.9. The second-order valence-corrected chi connectivity index (χ2v) is 5.66. The van der Waals surface area contributed by atoms with E-state index in [0.29, 0.717) is 11.3 Å². The number of carbonyl (C=O) groups excluding carboxylic acids is 1. The normalized spacial score (nSPS) is 9.86. The van der Waals surface area contributed by atoms with Gasteiger partial charge < -0.3 is 10.4 Å². The predicted molar refractivity (Wildman–Crippen MR) is 84.6 cm³/mol. The van der Waals surface area contributed by atoms with E-state index in [0.717, 1.165) is 22.0 Å². The van der Waals surface area contributed by atoms with Crippen molar-refractivity contribution in [1.82, 2.24) is 4.98 Å². The summed E-state index contributed by atoms with van der Waals surface area (Å²) in [5, 5.41) is 12.4. The van der Waals surface area contributed by atoms with E-state index >= 15 is 0 Å². The second kappa shape index (κ2) is 7.02. The molecule has 1 amide bonds. The van der Waals surface area contributed by atoms with Crippen molar-refractivity contribution in [2.75, 3.05) is 11.9 Å². The first kappa shape index (κ1) is 15.2. The minimum absolute atomic E-state index is 0.0642. The number of anilines is 1. The van der Waals surface area contributed by atoms with Gasteiger partial charge in [0, 0.05) is 17.7 Å². The van der Waals surface area contributed by atoms with E-state index in [1.165, 1.54) is 11.3 Å². The van der Waals surface area contributed by atoms with Crippen molar-refractivity contribution in [3.8, 4) is 11.8 Å². The number of aliphatic hydroxyl groups is 1. The van der Waals surface area contributed by atoms with Gasteiger partial charge in [-0.15, -0.1) is 11.3 Å². The number of rotatable bonds is 3. The van der Waals surface area contributed by atoms with Gasteiger partial charge in [0.15, 0.2) is 0 Å². The fourth-order valence-electron chi connectivity index (χ4n) is 1.79. The number of nitrogens with zero attached hydrogens (tertiary/aromatic N) is 1. The molecule has 108 valence electrons. The molecule has 0 radical (unpaired) electrons. The highest BCUT2D eigenvalue weighted by atomic mass is 32.1. The third-order valence-corrected chi connectivity index (χ3v) is 3.79. The summed E-state index contributed by atoms with van der Waals surface area (Å²) in [6.45, 7) is 3.78. The molecule has 0 saturated heterocycles. The van der Waals surface area contributed by atoms with Crippen molar-refractivity contribution in [3.05, 3.63) is 45.4 Å². The van der Waals surface area contributed by atoms with Gasteiger partial charge in [0.1, 0.15) is 4.88 Å². The summed E-state index contributed by atoms with van der Waals surface area (Å²) in [4.78, 5) is 17.0. The Balaban J connectivity index is 2.05. The minimum atomic E-state index is -0.141. The molecule has 0 bridgehead atoms. The molecule has 0 aliphatic heterocycles. The van der Waals surface area contributed by atoms with E-state index in [9.17, 15) is 4.79 Å². The van der Waals surface area contributed by atoms with Crippen LogP contribution in [0.5, 0.6) is 0 Å². The van der Waals surface area contributed by atoms with Crippen molar-refractivity contribution >= 4 is 22.9 Å². The zero-order chi connectivity index (χ0) is 15.2. The van der Waals surface area contributed by atoms with Crippen molar-refractivity contribution in [1.29, 1.82) is 0 Å². The highest BCUT2D eigenvalue weighted by molar-refractivity contribution is 7.13. The number of hydrogen-bond acceptors (Lipinski definition) is 4. The Morgan fingerprint density at radius 1 is 1.33 bits per heavy atom. The zero-order valence-corrected chi connectivity index (χ0v) is 12.8. The maximum Gasteiger partial charge on any atom is 0.267 e. The minimum Gasteiger partial charge on any atom is -0.395 e. The number of aliphatic hydroxyl groups excluding tert-OH is 1. The van der Waals surface area contributed by atoms with Crippen LogP contribution in [0.25, 0.3) is 0 Å². The summed E-state index contributed by atoms with van der Waals surface area (Å²) in [5.41, 5.74) is 2.32. The summed E-state index contributed by atoms with van der Waals surface area (Å²) < 4.78 is 0. The average molecular weight is 300 g/mol. The van der Waals surface area contributed by atoms with E-state index in [2.05, 4.69) is 22.1 Å². The van der Waals surface area contributed by atoms with Crippen LogP contribution in [0.1, 0.15) is 32.4 Å². The number of nitrogens with one attached hydrogen (secondary N) is 1. The Hall–Kier alpha value is -2.16. The fraction of sp³-hybridized carbons (Fsp3) is 0.250. The van der Waals surface area contributed by atoms with Gasteiger partial charge in [-0.25, -0.2) is 4.98 Å². The van der Waals surface area contributed by atoms with Crippen molar-refractivity contribution in [2.24, 2.45) is 0 Å². The topological polar surface area (TPSA) is 62.2 Å². The van der Waals surface area contributed by atoms with Gasteiger partial charge >= 0.3 is 0 Å². The van der Waals surface area contributed by atoms with Gasteiger partial charge in [-0.05, 0) is 38.1 Å². The van der Waals surface area contributed by atoms with Crippen molar-refractivity contribution in [2.45, 2.75) is 20.3 Å². The standard InChI is InChI=1S/C16H16N2O2S/c1-11-15(21-12(2)17-11)16(20)18-14-8-6-13(7-9-14)5-3-4-10-19/h6-9,19H,4,10H2,1-2H3,(H,18,20). The van der Waals surface area contributed by atoms with E-state index in [1.807, 2.05) is 38.1 Å². The Labute approximate surface area is 127 Å². The van der Waals surface area contributed by atoms with Crippen LogP contribution in [0.15, 0.2) is 24.3 Å². The lowest BCUT2D eigenvalue weighted by Crippen LogP contribution is -2.11. The van der Waals surface area contributed by atoms with Crippen LogP contribution in [0.4, 0.5) is 5.69 Å². The summed E-state index contributed by atoms with van der Waals surface area (Å²) in [7, 11) is 0. The number of aryl methyl sites for hydroxylation is 2. The van der Waals surface area contributed by atoms with Crippen LogP contribution in [0.3, 0.4) is 0 Å². The molecule has 0 saturated carbocycles.